The smallest absolute Gasteiger partial charge is 0.271 e. The minimum absolute atomic E-state index is 0.0638. The van der Waals surface area contributed by atoms with E-state index in [0.717, 1.165) is 24.1 Å². The van der Waals surface area contributed by atoms with Gasteiger partial charge in [-0.2, -0.15) is 0 Å². The number of halogens is 1. The zero-order valence-corrected chi connectivity index (χ0v) is 16.9. The second-order valence-electron chi connectivity index (χ2n) is 7.03. The molecule has 29 heavy (non-hydrogen) atoms. The molecule has 2 aliphatic rings. The van der Waals surface area contributed by atoms with E-state index < -0.39 is 6.04 Å². The average Bonchev–Trinajstić information content (AvgIpc) is 3.03. The van der Waals surface area contributed by atoms with Gasteiger partial charge in [0.1, 0.15) is 0 Å². The molecule has 2 aromatic heterocycles. The maximum atomic E-state index is 13.3. The van der Waals surface area contributed by atoms with E-state index >= 15 is 0 Å². The van der Waals surface area contributed by atoms with Crippen LogP contribution >= 0.6 is 22.9 Å². The molecule has 1 aliphatic carbocycles. The van der Waals surface area contributed by atoms with Gasteiger partial charge in [0, 0.05) is 23.2 Å². The average molecular weight is 422 g/mol. The normalized spacial score (nSPS) is 19.0. The summed E-state index contributed by atoms with van der Waals surface area (Å²) in [6.07, 6.45) is 5.48. The summed E-state index contributed by atoms with van der Waals surface area (Å²) in [5, 5.41) is 0.612. The van der Waals surface area contributed by atoms with E-state index in [1.807, 2.05) is 30.3 Å². The van der Waals surface area contributed by atoms with Crippen molar-refractivity contribution in [3.8, 4) is 0 Å². The number of carbonyl (C=O) groups excluding carboxylic acids is 1. The molecule has 5 nitrogen and oxygen atoms in total. The fourth-order valence-corrected chi connectivity index (χ4v) is 5.00. The molecule has 1 aromatic carbocycles. The first-order valence-electron chi connectivity index (χ1n) is 9.36. The van der Waals surface area contributed by atoms with Crippen molar-refractivity contribution in [1.29, 1.82) is 0 Å². The van der Waals surface area contributed by atoms with Crippen LogP contribution in [0.15, 0.2) is 69.7 Å². The van der Waals surface area contributed by atoms with Crippen molar-refractivity contribution in [2.24, 2.45) is 4.99 Å². The Balaban J connectivity index is 1.77. The largest absolute Gasteiger partial charge is 0.294 e. The van der Waals surface area contributed by atoms with Gasteiger partial charge in [0.15, 0.2) is 10.6 Å². The summed E-state index contributed by atoms with van der Waals surface area (Å²) in [6.45, 7) is 0. The predicted molar refractivity (Wildman–Crippen MR) is 113 cm³/mol. The molecular formula is C22H16ClN3O2S. The molecule has 1 aliphatic heterocycles. The molecule has 5 rings (SSSR count). The minimum atomic E-state index is -0.475. The molecule has 0 fully saturated rings. The van der Waals surface area contributed by atoms with Crippen molar-refractivity contribution in [3.63, 3.8) is 0 Å². The lowest BCUT2D eigenvalue weighted by atomic mass is 9.86. The maximum absolute atomic E-state index is 13.3. The number of hydrogen-bond acceptors (Lipinski definition) is 5. The molecule has 0 N–H and O–H groups in total. The summed E-state index contributed by atoms with van der Waals surface area (Å²) in [5.74, 6) is 0.0638. The van der Waals surface area contributed by atoms with Crippen molar-refractivity contribution in [2.45, 2.75) is 25.3 Å². The number of fused-ring (bicyclic) bond motifs is 1. The van der Waals surface area contributed by atoms with Gasteiger partial charge in [0.2, 0.25) is 0 Å². The van der Waals surface area contributed by atoms with E-state index in [4.69, 9.17) is 16.6 Å². The minimum Gasteiger partial charge on any atom is -0.294 e. The number of nitrogens with zero attached hydrogens (tertiary/aromatic N) is 3. The molecule has 0 saturated carbocycles. The highest BCUT2D eigenvalue weighted by atomic mass is 35.5. The summed E-state index contributed by atoms with van der Waals surface area (Å²) in [5.41, 5.74) is 2.84. The van der Waals surface area contributed by atoms with Crippen molar-refractivity contribution >= 4 is 34.8 Å². The quantitative estimate of drug-likeness (QED) is 0.639. The SMILES string of the molecule is O=C1CCCC2=C1[C@@H](c1ccc(Cl)cc1)n1c(s/c(=C/c3ccccn3)c1=O)=N2. The zero-order chi connectivity index (χ0) is 20.0. The fraction of sp³-hybridized carbons (Fsp3) is 0.182. The molecule has 0 spiro atoms. The third-order valence-electron chi connectivity index (χ3n) is 5.18. The second kappa shape index (κ2) is 7.21. The summed E-state index contributed by atoms with van der Waals surface area (Å²) in [7, 11) is 0. The predicted octanol–water partition coefficient (Wildman–Crippen LogP) is 3.02. The summed E-state index contributed by atoms with van der Waals surface area (Å²) in [4.78, 5) is 35.8. The Kier molecular flexibility index (Phi) is 4.53. The van der Waals surface area contributed by atoms with E-state index in [2.05, 4.69) is 4.98 Å². The number of pyridine rings is 1. The van der Waals surface area contributed by atoms with Crippen molar-refractivity contribution in [3.05, 3.63) is 95.9 Å². The highest BCUT2D eigenvalue weighted by Crippen LogP contribution is 2.36. The van der Waals surface area contributed by atoms with Gasteiger partial charge in [-0.15, -0.1) is 0 Å². The topological polar surface area (TPSA) is 64.3 Å². The van der Waals surface area contributed by atoms with Crippen LogP contribution < -0.4 is 14.9 Å². The van der Waals surface area contributed by atoms with Crippen LogP contribution in [0.1, 0.15) is 36.6 Å². The number of aromatic nitrogens is 2. The van der Waals surface area contributed by atoms with Crippen LogP contribution in [-0.2, 0) is 4.79 Å². The first-order valence-corrected chi connectivity index (χ1v) is 10.6. The summed E-state index contributed by atoms with van der Waals surface area (Å²) < 4.78 is 2.19. The van der Waals surface area contributed by atoms with Gasteiger partial charge in [0.05, 0.1) is 22.0 Å². The molecule has 0 amide bonds. The number of ketones is 1. The van der Waals surface area contributed by atoms with Gasteiger partial charge in [-0.3, -0.25) is 19.1 Å². The molecule has 1 atom stereocenters. The highest BCUT2D eigenvalue weighted by Gasteiger charge is 2.34. The number of allylic oxidation sites excluding steroid dienone is 2. The molecule has 7 heteroatoms. The van der Waals surface area contributed by atoms with Gasteiger partial charge in [0.25, 0.3) is 5.56 Å². The lowest BCUT2D eigenvalue weighted by Gasteiger charge is -2.28. The third kappa shape index (κ3) is 3.18. The Labute approximate surface area is 175 Å². The van der Waals surface area contributed by atoms with Crippen molar-refractivity contribution in [2.75, 3.05) is 0 Å². The van der Waals surface area contributed by atoms with Gasteiger partial charge >= 0.3 is 0 Å². The van der Waals surface area contributed by atoms with Crippen molar-refractivity contribution in [1.82, 2.24) is 9.55 Å². The first-order chi connectivity index (χ1) is 14.1. The van der Waals surface area contributed by atoms with E-state index in [-0.39, 0.29) is 11.3 Å². The molecule has 0 radical (unpaired) electrons. The van der Waals surface area contributed by atoms with E-state index in [0.29, 0.717) is 32.0 Å². The van der Waals surface area contributed by atoms with Crippen LogP contribution in [-0.4, -0.2) is 15.3 Å². The second-order valence-corrected chi connectivity index (χ2v) is 8.47. The standard InChI is InChI=1S/C22H16ClN3O2S/c23-14-9-7-13(8-10-14)20-19-16(5-3-6-17(19)27)25-22-26(20)21(28)18(29-22)12-15-4-1-2-11-24-15/h1-2,4,7-12,20H,3,5-6H2/b18-12+/t20-/m1/s1. The van der Waals surface area contributed by atoms with Crippen LogP contribution in [0.4, 0.5) is 0 Å². The molecule has 3 heterocycles. The summed E-state index contributed by atoms with van der Waals surface area (Å²) in [6, 6.07) is 12.4. The summed E-state index contributed by atoms with van der Waals surface area (Å²) >= 11 is 7.40. The molecule has 0 saturated heterocycles. The molecular weight excluding hydrogens is 406 g/mol. The van der Waals surface area contributed by atoms with Crippen LogP contribution in [0.3, 0.4) is 0 Å². The van der Waals surface area contributed by atoms with Crippen LogP contribution in [0.2, 0.25) is 5.02 Å². The van der Waals surface area contributed by atoms with Gasteiger partial charge in [-0.25, -0.2) is 4.99 Å². The number of thiazole rings is 1. The highest BCUT2D eigenvalue weighted by molar-refractivity contribution is 7.07. The lowest BCUT2D eigenvalue weighted by Crippen LogP contribution is -2.40. The van der Waals surface area contributed by atoms with Crippen LogP contribution in [0.25, 0.3) is 6.08 Å². The van der Waals surface area contributed by atoms with E-state index in [1.54, 1.807) is 29.0 Å². The Hall–Kier alpha value is -2.83. The molecule has 3 aromatic rings. The lowest BCUT2D eigenvalue weighted by molar-refractivity contribution is -0.116. The third-order valence-corrected chi connectivity index (χ3v) is 6.42. The van der Waals surface area contributed by atoms with E-state index in [9.17, 15) is 9.59 Å². The number of benzene rings is 1. The Morgan fingerprint density at radius 3 is 2.69 bits per heavy atom. The Bertz CT molecular complexity index is 1320. The maximum Gasteiger partial charge on any atom is 0.271 e. The number of carbonyl (C=O) groups is 1. The monoisotopic (exact) mass is 421 g/mol. The zero-order valence-electron chi connectivity index (χ0n) is 15.3. The fourth-order valence-electron chi connectivity index (χ4n) is 3.87. The number of rotatable bonds is 2. The van der Waals surface area contributed by atoms with Crippen LogP contribution in [0, 0.1) is 0 Å². The molecule has 0 bridgehead atoms. The number of hydrogen-bond donors (Lipinski definition) is 0. The Morgan fingerprint density at radius 1 is 1.10 bits per heavy atom. The van der Waals surface area contributed by atoms with Gasteiger partial charge in [-0.1, -0.05) is 41.1 Å². The molecule has 144 valence electrons. The number of Topliss-reactive ketones (excluding diaryl/α,β-unsaturated/α-hetero) is 1. The van der Waals surface area contributed by atoms with Gasteiger partial charge in [-0.05, 0) is 48.7 Å². The molecule has 0 unspecified atom stereocenters. The van der Waals surface area contributed by atoms with Crippen molar-refractivity contribution < 1.29 is 4.79 Å². The van der Waals surface area contributed by atoms with Crippen LogP contribution in [0.5, 0.6) is 0 Å². The Morgan fingerprint density at radius 2 is 1.93 bits per heavy atom. The first kappa shape index (κ1) is 18.2. The van der Waals surface area contributed by atoms with E-state index in [1.165, 1.54) is 11.3 Å². The van der Waals surface area contributed by atoms with Gasteiger partial charge < -0.3 is 0 Å².